The minimum atomic E-state index is -0.553. The number of benzene rings is 1. The van der Waals surface area contributed by atoms with Gasteiger partial charge in [-0.25, -0.2) is 4.39 Å². The van der Waals surface area contributed by atoms with Crippen molar-refractivity contribution in [2.24, 2.45) is 5.92 Å². The van der Waals surface area contributed by atoms with Crippen molar-refractivity contribution in [3.05, 3.63) is 34.1 Å². The third-order valence-corrected chi connectivity index (χ3v) is 3.47. The lowest BCUT2D eigenvalue weighted by molar-refractivity contribution is -0.384. The summed E-state index contributed by atoms with van der Waals surface area (Å²) < 4.78 is 13.7. The molecule has 1 N–H and O–H groups in total. The molecule has 1 aromatic carbocycles. The zero-order valence-corrected chi connectivity index (χ0v) is 10.4. The Labute approximate surface area is 105 Å². The standard InChI is InChI=1S/C13H17FN2O2/c1-9-4-2-5-10(8-9)15-13-11(14)6-3-7-12(13)16(17)18/h3,6-7,9-10,15H,2,4-5,8H2,1H3. The van der Waals surface area contributed by atoms with E-state index in [-0.39, 0.29) is 17.4 Å². The molecule has 2 rings (SSSR count). The fourth-order valence-electron chi connectivity index (χ4n) is 2.58. The number of hydrogen-bond donors (Lipinski definition) is 1. The maximum Gasteiger partial charge on any atom is 0.295 e. The van der Waals surface area contributed by atoms with Crippen LogP contribution in [0.2, 0.25) is 0 Å². The number of hydrogen-bond acceptors (Lipinski definition) is 3. The first-order chi connectivity index (χ1) is 8.58. The van der Waals surface area contributed by atoms with Gasteiger partial charge in [0.15, 0.2) is 5.82 Å². The van der Waals surface area contributed by atoms with Crippen molar-refractivity contribution in [2.75, 3.05) is 5.32 Å². The molecule has 1 aliphatic carbocycles. The number of halogens is 1. The number of nitro groups is 1. The summed E-state index contributed by atoms with van der Waals surface area (Å²) in [5, 5.41) is 13.9. The van der Waals surface area contributed by atoms with E-state index in [0.717, 1.165) is 19.3 Å². The Kier molecular flexibility index (Phi) is 3.79. The number of nitrogens with zero attached hydrogens (tertiary/aromatic N) is 1. The maximum absolute atomic E-state index is 13.7. The number of anilines is 1. The molecule has 0 radical (unpaired) electrons. The number of nitro benzene ring substituents is 1. The molecule has 18 heavy (non-hydrogen) atoms. The highest BCUT2D eigenvalue weighted by atomic mass is 19.1. The molecule has 0 saturated heterocycles. The lowest BCUT2D eigenvalue weighted by Crippen LogP contribution is -2.27. The topological polar surface area (TPSA) is 55.2 Å². The van der Waals surface area contributed by atoms with Crippen LogP contribution in [-0.4, -0.2) is 11.0 Å². The van der Waals surface area contributed by atoms with Crippen LogP contribution in [0.15, 0.2) is 18.2 Å². The molecule has 5 heteroatoms. The number of rotatable bonds is 3. The second-order valence-corrected chi connectivity index (χ2v) is 5.00. The van der Waals surface area contributed by atoms with Crippen molar-refractivity contribution >= 4 is 11.4 Å². The third kappa shape index (κ3) is 2.78. The van der Waals surface area contributed by atoms with E-state index in [1.165, 1.54) is 24.6 Å². The first-order valence-corrected chi connectivity index (χ1v) is 6.27. The van der Waals surface area contributed by atoms with Crippen LogP contribution < -0.4 is 5.32 Å². The van der Waals surface area contributed by atoms with Gasteiger partial charge in [0, 0.05) is 12.1 Å². The van der Waals surface area contributed by atoms with Crippen molar-refractivity contribution < 1.29 is 9.31 Å². The van der Waals surface area contributed by atoms with Gasteiger partial charge < -0.3 is 5.32 Å². The normalized spacial score (nSPS) is 23.7. The monoisotopic (exact) mass is 252 g/mol. The summed E-state index contributed by atoms with van der Waals surface area (Å²) in [4.78, 5) is 10.3. The van der Waals surface area contributed by atoms with E-state index in [4.69, 9.17) is 0 Å². The molecule has 0 amide bonds. The number of para-hydroxylation sites is 1. The highest BCUT2D eigenvalue weighted by Crippen LogP contribution is 2.31. The van der Waals surface area contributed by atoms with Crippen molar-refractivity contribution in [1.29, 1.82) is 0 Å². The van der Waals surface area contributed by atoms with Crippen LogP contribution in [-0.2, 0) is 0 Å². The van der Waals surface area contributed by atoms with Gasteiger partial charge in [0.2, 0.25) is 0 Å². The molecule has 1 aliphatic rings. The van der Waals surface area contributed by atoms with Gasteiger partial charge in [-0.2, -0.15) is 0 Å². The van der Waals surface area contributed by atoms with Gasteiger partial charge in [-0.3, -0.25) is 10.1 Å². The third-order valence-electron chi connectivity index (χ3n) is 3.47. The fourth-order valence-corrected chi connectivity index (χ4v) is 2.58. The summed E-state index contributed by atoms with van der Waals surface area (Å²) in [5.41, 5.74) is -0.158. The lowest BCUT2D eigenvalue weighted by Gasteiger charge is -2.28. The Morgan fingerprint density at radius 3 is 2.89 bits per heavy atom. The van der Waals surface area contributed by atoms with E-state index >= 15 is 0 Å². The van der Waals surface area contributed by atoms with Gasteiger partial charge >= 0.3 is 0 Å². The molecular formula is C13H17FN2O2. The highest BCUT2D eigenvalue weighted by Gasteiger charge is 2.24. The predicted molar refractivity (Wildman–Crippen MR) is 68.1 cm³/mol. The Morgan fingerprint density at radius 1 is 1.44 bits per heavy atom. The van der Waals surface area contributed by atoms with Crippen LogP contribution in [0.1, 0.15) is 32.6 Å². The minimum Gasteiger partial charge on any atom is -0.374 e. The number of nitrogens with one attached hydrogen (secondary N) is 1. The minimum absolute atomic E-state index is 0.0293. The molecule has 98 valence electrons. The summed E-state index contributed by atoms with van der Waals surface area (Å²) in [6, 6.07) is 4.07. The van der Waals surface area contributed by atoms with E-state index in [1.807, 2.05) is 0 Å². The van der Waals surface area contributed by atoms with Gasteiger partial charge in [0.25, 0.3) is 5.69 Å². The summed E-state index contributed by atoms with van der Waals surface area (Å²) in [6.07, 6.45) is 4.14. The molecule has 1 aromatic rings. The van der Waals surface area contributed by atoms with E-state index in [0.29, 0.717) is 5.92 Å². The van der Waals surface area contributed by atoms with Gasteiger partial charge in [-0.1, -0.05) is 25.8 Å². The molecular weight excluding hydrogens is 235 g/mol. The highest BCUT2D eigenvalue weighted by molar-refractivity contribution is 5.62. The summed E-state index contributed by atoms with van der Waals surface area (Å²) in [7, 11) is 0. The van der Waals surface area contributed by atoms with E-state index in [9.17, 15) is 14.5 Å². The van der Waals surface area contributed by atoms with Crippen LogP contribution >= 0.6 is 0 Å². The van der Waals surface area contributed by atoms with Crippen molar-refractivity contribution in [3.8, 4) is 0 Å². The SMILES string of the molecule is CC1CCCC(Nc2c(F)cccc2[N+](=O)[O-])C1. The zero-order valence-electron chi connectivity index (χ0n) is 10.4. The van der Waals surface area contributed by atoms with Crippen LogP contribution in [0.4, 0.5) is 15.8 Å². The van der Waals surface area contributed by atoms with Gasteiger partial charge in [0.1, 0.15) is 5.69 Å². The quantitative estimate of drug-likeness (QED) is 0.658. The second-order valence-electron chi connectivity index (χ2n) is 5.00. The summed E-state index contributed by atoms with van der Waals surface area (Å²) in [6.45, 7) is 2.16. The van der Waals surface area contributed by atoms with E-state index in [2.05, 4.69) is 12.2 Å². The molecule has 0 heterocycles. The largest absolute Gasteiger partial charge is 0.374 e. The molecule has 0 aliphatic heterocycles. The first kappa shape index (κ1) is 12.8. The average Bonchev–Trinajstić information content (AvgIpc) is 2.31. The van der Waals surface area contributed by atoms with Crippen LogP contribution in [0.25, 0.3) is 0 Å². The van der Waals surface area contributed by atoms with Crippen LogP contribution in [0.5, 0.6) is 0 Å². The molecule has 2 unspecified atom stereocenters. The second kappa shape index (κ2) is 5.33. The van der Waals surface area contributed by atoms with Crippen molar-refractivity contribution in [2.45, 2.75) is 38.6 Å². The molecule has 1 saturated carbocycles. The molecule has 0 spiro atoms. The van der Waals surface area contributed by atoms with Gasteiger partial charge in [-0.05, 0) is 24.8 Å². The lowest BCUT2D eigenvalue weighted by atomic mass is 9.87. The Morgan fingerprint density at radius 2 is 2.22 bits per heavy atom. The molecule has 0 aromatic heterocycles. The van der Waals surface area contributed by atoms with E-state index in [1.54, 1.807) is 0 Å². The fraction of sp³-hybridized carbons (Fsp3) is 0.538. The molecule has 1 fully saturated rings. The molecule has 4 nitrogen and oxygen atoms in total. The Balaban J connectivity index is 2.20. The van der Waals surface area contributed by atoms with Crippen LogP contribution in [0.3, 0.4) is 0 Å². The average molecular weight is 252 g/mol. The van der Waals surface area contributed by atoms with Gasteiger partial charge in [0.05, 0.1) is 4.92 Å². The van der Waals surface area contributed by atoms with Crippen LogP contribution in [0, 0.1) is 21.8 Å². The smallest absolute Gasteiger partial charge is 0.295 e. The summed E-state index contributed by atoms with van der Waals surface area (Å²) >= 11 is 0. The van der Waals surface area contributed by atoms with E-state index < -0.39 is 10.7 Å². The first-order valence-electron chi connectivity index (χ1n) is 6.27. The molecule has 0 bridgehead atoms. The predicted octanol–water partition coefficient (Wildman–Crippen LogP) is 3.72. The Hall–Kier alpha value is -1.65. The molecule has 2 atom stereocenters. The van der Waals surface area contributed by atoms with Crippen molar-refractivity contribution in [1.82, 2.24) is 0 Å². The summed E-state index contributed by atoms with van der Waals surface area (Å²) in [5.74, 6) is 0.0320. The Bertz CT molecular complexity index is 451. The zero-order chi connectivity index (χ0) is 13.1. The van der Waals surface area contributed by atoms with Gasteiger partial charge in [-0.15, -0.1) is 0 Å². The maximum atomic E-state index is 13.7. The van der Waals surface area contributed by atoms with Crippen molar-refractivity contribution in [3.63, 3.8) is 0 Å².